The van der Waals surface area contributed by atoms with Crippen molar-refractivity contribution in [1.82, 2.24) is 5.43 Å². The Kier molecular flexibility index (Phi) is 7.27. The highest BCUT2D eigenvalue weighted by atomic mass is 35.5. The fourth-order valence-corrected chi connectivity index (χ4v) is 2.47. The zero-order valence-corrected chi connectivity index (χ0v) is 17.0. The highest BCUT2D eigenvalue weighted by molar-refractivity contribution is 6.30. The van der Waals surface area contributed by atoms with E-state index in [4.69, 9.17) is 11.6 Å². The fourth-order valence-electron chi connectivity index (χ4n) is 2.31. The van der Waals surface area contributed by atoms with E-state index in [1.165, 1.54) is 30.4 Å². The first-order valence-electron chi connectivity index (χ1n) is 8.65. The Bertz CT molecular complexity index is 1100. The van der Waals surface area contributed by atoms with E-state index in [0.29, 0.717) is 0 Å². The van der Waals surface area contributed by atoms with Gasteiger partial charge in [0.1, 0.15) is 5.75 Å². The molecule has 14 heteroatoms. The Labute approximate surface area is 186 Å². The number of nitrogens with zero attached hydrogens (tertiary/aromatic N) is 1. The highest BCUT2D eigenvalue weighted by Gasteiger charge is 2.76. The van der Waals surface area contributed by atoms with Gasteiger partial charge >= 0.3 is 23.9 Å². The van der Waals surface area contributed by atoms with Crippen LogP contribution in [0.4, 0.5) is 36.4 Å². The van der Waals surface area contributed by atoms with Crippen LogP contribution in [0.25, 0.3) is 0 Å². The molecule has 0 aliphatic heterocycles. The molecule has 0 spiro atoms. The zero-order valence-electron chi connectivity index (χ0n) is 16.3. The van der Waals surface area contributed by atoms with Crippen LogP contribution in [0.5, 0.6) is 5.75 Å². The summed E-state index contributed by atoms with van der Waals surface area (Å²) in [6.45, 7) is 1.33. The molecule has 0 atom stereocenters. The summed E-state index contributed by atoms with van der Waals surface area (Å²) in [6, 6.07) is 8.05. The SMILES string of the molecule is CC(=NNC(=O)c1ccc(Cl)cc1O)c1cccc(NC(=O)C(F)(F)C(F)(F)C(F)(F)F)c1. The molecule has 2 amide bonds. The Balaban J connectivity index is 2.18. The van der Waals surface area contributed by atoms with E-state index in [1.54, 1.807) is 0 Å². The van der Waals surface area contributed by atoms with Crippen molar-refractivity contribution >= 4 is 34.8 Å². The molecule has 0 heterocycles. The summed E-state index contributed by atoms with van der Waals surface area (Å²) in [5.41, 5.74) is 1.49. The molecule has 0 bridgehead atoms. The van der Waals surface area contributed by atoms with Gasteiger partial charge < -0.3 is 10.4 Å². The van der Waals surface area contributed by atoms with E-state index in [9.17, 15) is 45.4 Å². The largest absolute Gasteiger partial charge is 0.507 e. The number of hydrazone groups is 1. The second-order valence-electron chi connectivity index (χ2n) is 6.48. The molecule has 2 aromatic carbocycles. The average Bonchev–Trinajstić information content (AvgIpc) is 2.70. The lowest BCUT2D eigenvalue weighted by Gasteiger charge is -2.27. The number of aromatic hydroxyl groups is 1. The summed E-state index contributed by atoms with van der Waals surface area (Å²) >= 11 is 5.66. The standard InChI is InChI=1S/C19H13ClF7N3O3/c1-9(29-30-15(32)13-6-5-11(20)8-14(13)31)10-3-2-4-12(7-10)28-16(33)17(21,22)18(23,24)19(25,26)27/h2-8,31H,1H3,(H,28,33)(H,30,32). The maximum atomic E-state index is 13.5. The predicted octanol–water partition coefficient (Wildman–Crippen LogP) is 4.97. The van der Waals surface area contributed by atoms with Crippen molar-refractivity contribution in [2.75, 3.05) is 5.32 Å². The predicted molar refractivity (Wildman–Crippen MR) is 104 cm³/mol. The highest BCUT2D eigenvalue weighted by Crippen LogP contribution is 2.46. The second-order valence-corrected chi connectivity index (χ2v) is 6.92. The molecule has 0 unspecified atom stereocenters. The Morgan fingerprint density at radius 3 is 2.21 bits per heavy atom. The number of halogens is 8. The number of hydrogen-bond donors (Lipinski definition) is 3. The Morgan fingerprint density at radius 2 is 1.64 bits per heavy atom. The number of benzene rings is 2. The van der Waals surface area contributed by atoms with Crippen LogP contribution in [-0.2, 0) is 4.79 Å². The van der Waals surface area contributed by atoms with E-state index in [2.05, 4.69) is 10.5 Å². The molecule has 3 N–H and O–H groups in total. The third kappa shape index (κ3) is 5.53. The maximum absolute atomic E-state index is 13.5. The molecular formula is C19H13ClF7N3O3. The quantitative estimate of drug-likeness (QED) is 0.298. The number of amides is 2. The van der Waals surface area contributed by atoms with Crippen molar-refractivity contribution in [3.05, 3.63) is 58.6 Å². The lowest BCUT2D eigenvalue weighted by Crippen LogP contribution is -2.57. The van der Waals surface area contributed by atoms with Gasteiger partial charge in [0.15, 0.2) is 0 Å². The van der Waals surface area contributed by atoms with Gasteiger partial charge in [-0.2, -0.15) is 35.8 Å². The van der Waals surface area contributed by atoms with Crippen LogP contribution in [0, 0.1) is 0 Å². The van der Waals surface area contributed by atoms with Crippen LogP contribution in [0.15, 0.2) is 47.6 Å². The van der Waals surface area contributed by atoms with Crippen LogP contribution in [0.3, 0.4) is 0 Å². The molecule has 2 rings (SSSR count). The number of hydrogen-bond acceptors (Lipinski definition) is 4. The number of anilines is 1. The normalized spacial score (nSPS) is 12.9. The topological polar surface area (TPSA) is 90.8 Å². The molecular weight excluding hydrogens is 487 g/mol. The molecule has 2 aromatic rings. The van der Waals surface area contributed by atoms with Gasteiger partial charge in [0, 0.05) is 10.7 Å². The van der Waals surface area contributed by atoms with Crippen molar-refractivity contribution in [3.63, 3.8) is 0 Å². The van der Waals surface area contributed by atoms with Gasteiger partial charge in [-0.3, -0.25) is 9.59 Å². The van der Waals surface area contributed by atoms with Gasteiger partial charge in [0.2, 0.25) is 0 Å². The van der Waals surface area contributed by atoms with E-state index < -0.39 is 41.3 Å². The Hall–Kier alpha value is -3.35. The van der Waals surface area contributed by atoms with E-state index in [1.807, 2.05) is 0 Å². The first-order valence-corrected chi connectivity index (χ1v) is 9.03. The van der Waals surface area contributed by atoms with Crippen LogP contribution in [0.2, 0.25) is 5.02 Å². The number of phenols is 1. The molecule has 33 heavy (non-hydrogen) atoms. The van der Waals surface area contributed by atoms with Crippen LogP contribution >= 0.6 is 11.6 Å². The third-order valence-corrected chi connectivity index (χ3v) is 4.34. The van der Waals surface area contributed by atoms with Gasteiger partial charge in [-0.05, 0) is 42.8 Å². The summed E-state index contributed by atoms with van der Waals surface area (Å²) < 4.78 is 89.7. The molecule has 0 aromatic heterocycles. The number of carbonyl (C=O) groups is 2. The zero-order chi connectivity index (χ0) is 25.2. The summed E-state index contributed by atoms with van der Waals surface area (Å²) in [7, 11) is 0. The number of nitrogens with one attached hydrogen (secondary N) is 2. The van der Waals surface area contributed by atoms with Crippen molar-refractivity contribution in [2.45, 2.75) is 24.9 Å². The lowest BCUT2D eigenvalue weighted by molar-refractivity contribution is -0.343. The van der Waals surface area contributed by atoms with Gasteiger partial charge in [-0.1, -0.05) is 23.7 Å². The van der Waals surface area contributed by atoms with E-state index in [0.717, 1.165) is 24.3 Å². The molecule has 0 saturated heterocycles. The first-order chi connectivity index (χ1) is 15.1. The molecule has 6 nitrogen and oxygen atoms in total. The third-order valence-electron chi connectivity index (χ3n) is 4.10. The van der Waals surface area contributed by atoms with E-state index >= 15 is 0 Å². The smallest absolute Gasteiger partial charge is 0.460 e. The van der Waals surface area contributed by atoms with Gasteiger partial charge in [-0.25, -0.2) is 5.43 Å². The van der Waals surface area contributed by atoms with E-state index in [-0.39, 0.29) is 21.9 Å². The monoisotopic (exact) mass is 499 g/mol. The molecule has 0 fully saturated rings. The van der Waals surface area contributed by atoms with Crippen molar-refractivity contribution in [1.29, 1.82) is 0 Å². The summed E-state index contributed by atoms with van der Waals surface area (Å²) in [5.74, 6) is -16.8. The molecule has 0 saturated carbocycles. The summed E-state index contributed by atoms with van der Waals surface area (Å²) in [4.78, 5) is 23.6. The van der Waals surface area contributed by atoms with Gasteiger partial charge in [-0.15, -0.1) is 0 Å². The van der Waals surface area contributed by atoms with Crippen LogP contribution in [-0.4, -0.2) is 40.7 Å². The maximum Gasteiger partial charge on any atom is 0.460 e. The average molecular weight is 500 g/mol. The minimum atomic E-state index is -6.66. The first kappa shape index (κ1) is 25.9. The second kappa shape index (κ2) is 9.25. The minimum Gasteiger partial charge on any atom is -0.507 e. The summed E-state index contributed by atoms with van der Waals surface area (Å²) in [5, 5.41) is 14.9. The number of phenolic OH excluding ortho intramolecular Hbond substituents is 1. The molecule has 0 aliphatic rings. The molecule has 0 radical (unpaired) electrons. The van der Waals surface area contributed by atoms with Gasteiger partial charge in [0.05, 0.1) is 11.3 Å². The van der Waals surface area contributed by atoms with Crippen molar-refractivity contribution in [3.8, 4) is 5.75 Å². The summed E-state index contributed by atoms with van der Waals surface area (Å²) in [6.07, 6.45) is -6.66. The van der Waals surface area contributed by atoms with Crippen LogP contribution < -0.4 is 10.7 Å². The molecule has 0 aliphatic carbocycles. The van der Waals surface area contributed by atoms with Crippen molar-refractivity contribution in [2.24, 2.45) is 5.10 Å². The Morgan fingerprint density at radius 1 is 1.00 bits per heavy atom. The minimum absolute atomic E-state index is 0.0280. The van der Waals surface area contributed by atoms with Crippen LogP contribution in [0.1, 0.15) is 22.8 Å². The van der Waals surface area contributed by atoms with Gasteiger partial charge in [0.25, 0.3) is 5.91 Å². The number of carbonyl (C=O) groups excluding carboxylic acids is 2. The fraction of sp³-hybridized carbons (Fsp3) is 0.211. The number of rotatable bonds is 6. The molecule has 178 valence electrons. The lowest BCUT2D eigenvalue weighted by atomic mass is 10.1. The number of alkyl halides is 7. The van der Waals surface area contributed by atoms with Crippen molar-refractivity contribution < 1.29 is 45.4 Å².